The van der Waals surface area contributed by atoms with Crippen LogP contribution in [0.25, 0.3) is 20.8 Å². The Hall–Kier alpha value is -1.65. The molecule has 0 unspecified atom stereocenters. The minimum absolute atomic E-state index is 0.157. The molecule has 1 aliphatic heterocycles. The summed E-state index contributed by atoms with van der Waals surface area (Å²) in [6, 6.07) is 9.25. The second-order valence-electron chi connectivity index (χ2n) is 4.49. The fourth-order valence-electron chi connectivity index (χ4n) is 1.91. The van der Waals surface area contributed by atoms with E-state index in [4.69, 9.17) is 11.6 Å². The molecule has 0 atom stereocenters. The van der Waals surface area contributed by atoms with Crippen LogP contribution in [0, 0.1) is 0 Å². The fourth-order valence-corrected chi connectivity index (χ4v) is 3.21. The molecule has 96 valence electrons. The molecular weight excluding hydrogens is 280 g/mol. The Balaban J connectivity index is 2.37. The number of aromatic nitrogens is 1. The molecule has 0 amide bonds. The molecule has 0 aromatic heterocycles. The highest BCUT2D eigenvalue weighted by atomic mass is 35.5. The molecule has 1 aliphatic carbocycles. The number of fused-ring (bicyclic) bond motifs is 2. The number of benzene rings is 2. The molecule has 19 heavy (non-hydrogen) atoms. The van der Waals surface area contributed by atoms with E-state index in [2.05, 4.69) is 11.1 Å². The van der Waals surface area contributed by atoms with Gasteiger partial charge in [-0.05, 0) is 30.3 Å². The van der Waals surface area contributed by atoms with E-state index in [1.807, 2.05) is 31.1 Å². The van der Waals surface area contributed by atoms with Crippen LogP contribution in [0.3, 0.4) is 0 Å². The zero-order valence-electron chi connectivity index (χ0n) is 10.5. The molecule has 0 spiro atoms. The Bertz CT molecular complexity index is 797. The summed E-state index contributed by atoms with van der Waals surface area (Å²) in [7, 11) is 3.98. The monoisotopic (exact) mass is 290 g/mol. The fraction of sp³-hybridized carbons (Fsp3) is 0.143. The van der Waals surface area contributed by atoms with E-state index in [1.165, 1.54) is 17.4 Å². The smallest absolute Gasteiger partial charge is 0.198 e. The molecule has 3 nitrogen and oxygen atoms in total. The van der Waals surface area contributed by atoms with Crippen LogP contribution in [0.2, 0.25) is 5.02 Å². The highest BCUT2D eigenvalue weighted by Crippen LogP contribution is 2.35. The molecule has 0 saturated carbocycles. The summed E-state index contributed by atoms with van der Waals surface area (Å²) < 4.78 is 1.02. The van der Waals surface area contributed by atoms with Gasteiger partial charge in [0, 0.05) is 19.8 Å². The third-order valence-corrected chi connectivity index (χ3v) is 4.61. The van der Waals surface area contributed by atoms with Gasteiger partial charge in [-0.1, -0.05) is 11.6 Å². The Morgan fingerprint density at radius 2 is 2.00 bits per heavy atom. The lowest BCUT2D eigenvalue weighted by Crippen LogP contribution is -2.08. The predicted molar refractivity (Wildman–Crippen MR) is 81.8 cm³/mol. The van der Waals surface area contributed by atoms with Crippen molar-refractivity contribution in [1.82, 2.24) is 4.98 Å². The van der Waals surface area contributed by atoms with Gasteiger partial charge < -0.3 is 4.90 Å². The Labute approximate surface area is 119 Å². The molecule has 0 bridgehead atoms. The molecule has 3 rings (SSSR count). The van der Waals surface area contributed by atoms with Gasteiger partial charge >= 0.3 is 0 Å². The van der Waals surface area contributed by atoms with E-state index >= 15 is 0 Å². The molecule has 1 aromatic rings. The highest BCUT2D eigenvalue weighted by Gasteiger charge is 2.13. The maximum Gasteiger partial charge on any atom is 0.198 e. The maximum absolute atomic E-state index is 11.6. The first-order chi connectivity index (χ1) is 9.06. The minimum Gasteiger partial charge on any atom is -0.378 e. The van der Waals surface area contributed by atoms with Gasteiger partial charge in [0.25, 0.3) is 0 Å². The van der Waals surface area contributed by atoms with Crippen molar-refractivity contribution in [2.45, 2.75) is 0 Å². The lowest BCUT2D eigenvalue weighted by Gasteiger charge is -2.13. The number of hydrogen-bond acceptors (Lipinski definition) is 4. The zero-order valence-corrected chi connectivity index (χ0v) is 12.0. The average molecular weight is 291 g/mol. The van der Waals surface area contributed by atoms with Crippen LogP contribution in [-0.4, -0.2) is 19.1 Å². The standard InChI is InChI=1S/C14H11ClN2OS/c1-17(2)8-3-4-9-12(7-8)19-14-10(16-9)5-6-11(18)13(14)15/h3-7H,1-2H3. The third kappa shape index (κ3) is 2.07. The predicted octanol–water partition coefficient (Wildman–Crippen LogP) is 3.48. The summed E-state index contributed by atoms with van der Waals surface area (Å²) in [6.45, 7) is 0. The van der Waals surface area contributed by atoms with Gasteiger partial charge in [-0.15, -0.1) is 11.3 Å². The summed E-state index contributed by atoms with van der Waals surface area (Å²) in [5, 5.41) is 0.257. The van der Waals surface area contributed by atoms with Crippen molar-refractivity contribution in [3.05, 3.63) is 45.6 Å². The molecule has 1 aromatic carbocycles. The summed E-state index contributed by atoms with van der Waals surface area (Å²) in [4.78, 5) is 18.9. The van der Waals surface area contributed by atoms with Crippen LogP contribution in [0.15, 0.2) is 35.1 Å². The summed E-state index contributed by atoms with van der Waals surface area (Å²) in [5.74, 6) is 0. The van der Waals surface area contributed by atoms with Gasteiger partial charge in [-0.3, -0.25) is 4.79 Å². The van der Waals surface area contributed by atoms with Crippen LogP contribution in [0.1, 0.15) is 0 Å². The van der Waals surface area contributed by atoms with Gasteiger partial charge in [-0.2, -0.15) is 0 Å². The Kier molecular flexibility index (Phi) is 2.92. The lowest BCUT2D eigenvalue weighted by atomic mass is 10.2. The van der Waals surface area contributed by atoms with E-state index in [0.717, 1.165) is 26.5 Å². The minimum atomic E-state index is -0.157. The lowest BCUT2D eigenvalue weighted by molar-refractivity contribution is 1.13. The van der Waals surface area contributed by atoms with Crippen molar-refractivity contribution in [1.29, 1.82) is 0 Å². The van der Waals surface area contributed by atoms with Gasteiger partial charge in [0.2, 0.25) is 0 Å². The number of nitrogens with zero attached hydrogens (tertiary/aromatic N) is 2. The molecule has 5 heteroatoms. The van der Waals surface area contributed by atoms with Crippen LogP contribution in [0.5, 0.6) is 0 Å². The van der Waals surface area contributed by atoms with Crippen LogP contribution >= 0.6 is 22.9 Å². The van der Waals surface area contributed by atoms with Crippen LogP contribution < -0.4 is 10.3 Å². The molecule has 0 radical (unpaired) electrons. The average Bonchev–Trinajstić information content (AvgIpc) is 2.41. The van der Waals surface area contributed by atoms with E-state index < -0.39 is 0 Å². The topological polar surface area (TPSA) is 33.2 Å². The van der Waals surface area contributed by atoms with Crippen molar-refractivity contribution < 1.29 is 0 Å². The first-order valence-electron chi connectivity index (χ1n) is 5.77. The van der Waals surface area contributed by atoms with E-state index in [1.54, 1.807) is 6.07 Å². The maximum atomic E-state index is 11.6. The van der Waals surface area contributed by atoms with Crippen molar-refractivity contribution in [2.24, 2.45) is 0 Å². The number of hydrogen-bond donors (Lipinski definition) is 0. The molecule has 0 N–H and O–H groups in total. The second-order valence-corrected chi connectivity index (χ2v) is 5.92. The third-order valence-electron chi connectivity index (χ3n) is 2.95. The SMILES string of the molecule is CN(C)c1ccc2nc3ccc(=O)c(Cl)c-3sc2c1. The largest absolute Gasteiger partial charge is 0.378 e. The molecule has 0 saturated heterocycles. The van der Waals surface area contributed by atoms with E-state index in [9.17, 15) is 4.79 Å². The van der Waals surface area contributed by atoms with E-state index in [-0.39, 0.29) is 10.5 Å². The quantitative estimate of drug-likeness (QED) is 0.643. The van der Waals surface area contributed by atoms with Crippen molar-refractivity contribution in [3.8, 4) is 10.6 Å². The summed E-state index contributed by atoms with van der Waals surface area (Å²) in [6.07, 6.45) is 0. The zero-order chi connectivity index (χ0) is 13.6. The van der Waals surface area contributed by atoms with Crippen LogP contribution in [-0.2, 0) is 0 Å². The van der Waals surface area contributed by atoms with Crippen molar-refractivity contribution in [3.63, 3.8) is 0 Å². The highest BCUT2D eigenvalue weighted by molar-refractivity contribution is 7.22. The van der Waals surface area contributed by atoms with Crippen molar-refractivity contribution in [2.75, 3.05) is 19.0 Å². The second kappa shape index (κ2) is 4.47. The molecule has 1 heterocycles. The van der Waals surface area contributed by atoms with E-state index in [0.29, 0.717) is 0 Å². The Morgan fingerprint density at radius 1 is 1.21 bits per heavy atom. The first-order valence-corrected chi connectivity index (χ1v) is 6.96. The Morgan fingerprint density at radius 3 is 2.74 bits per heavy atom. The number of rotatable bonds is 1. The van der Waals surface area contributed by atoms with Gasteiger partial charge in [0.15, 0.2) is 5.43 Å². The molecule has 2 aliphatic rings. The van der Waals surface area contributed by atoms with Gasteiger partial charge in [0.05, 0.1) is 20.8 Å². The normalized spacial score (nSPS) is 11.1. The first kappa shape index (κ1) is 12.4. The van der Waals surface area contributed by atoms with Gasteiger partial charge in [-0.25, -0.2) is 4.98 Å². The van der Waals surface area contributed by atoms with Crippen LogP contribution in [0.4, 0.5) is 5.69 Å². The molecular formula is C14H11ClN2OS. The van der Waals surface area contributed by atoms with Gasteiger partial charge in [0.1, 0.15) is 5.02 Å². The van der Waals surface area contributed by atoms with Crippen molar-refractivity contribution >= 4 is 38.8 Å². The summed E-state index contributed by atoms with van der Waals surface area (Å²) >= 11 is 7.58. The molecule has 0 fully saturated rings. The number of anilines is 1. The summed E-state index contributed by atoms with van der Waals surface area (Å²) in [5.41, 5.74) is 2.62. The number of halogens is 1.